The second-order valence-electron chi connectivity index (χ2n) is 15.2. The number of hydrogen-bond donors (Lipinski definition) is 0. The summed E-state index contributed by atoms with van der Waals surface area (Å²) in [6.07, 6.45) is 4.01. The van der Waals surface area contributed by atoms with Gasteiger partial charge < -0.3 is 0 Å². The van der Waals surface area contributed by atoms with Gasteiger partial charge in [-0.25, -0.2) is 0 Å². The molecule has 1 heteroatoms. The van der Waals surface area contributed by atoms with Crippen LogP contribution in [0.1, 0.15) is 60.1 Å². The third-order valence-electron chi connectivity index (χ3n) is 12.5. The highest BCUT2D eigenvalue weighted by atomic mass is 28.3. The summed E-state index contributed by atoms with van der Waals surface area (Å²) in [5.74, 6) is 0. The molecule has 0 aliphatic heterocycles. The van der Waals surface area contributed by atoms with Crippen molar-refractivity contribution >= 4 is 61.5 Å². The Labute approximate surface area is 326 Å². The maximum atomic E-state index is 2.52. The van der Waals surface area contributed by atoms with Crippen LogP contribution < -0.4 is 20.7 Å². The van der Waals surface area contributed by atoms with Crippen molar-refractivity contribution in [1.29, 1.82) is 0 Å². The zero-order valence-corrected chi connectivity index (χ0v) is 32.6. The summed E-state index contributed by atoms with van der Waals surface area (Å²) >= 11 is 0. The van der Waals surface area contributed by atoms with Gasteiger partial charge in [0.25, 0.3) is 0 Å². The van der Waals surface area contributed by atoms with Crippen LogP contribution in [0.15, 0.2) is 193 Å². The van der Waals surface area contributed by atoms with Crippen LogP contribution in [0.3, 0.4) is 0 Å². The molecule has 0 spiro atoms. The number of benzene rings is 8. The van der Waals surface area contributed by atoms with Crippen molar-refractivity contribution < 1.29 is 0 Å². The van der Waals surface area contributed by atoms with Gasteiger partial charge in [0, 0.05) is 0 Å². The fourth-order valence-electron chi connectivity index (χ4n) is 10.2. The Kier molecular flexibility index (Phi) is 8.34. The van der Waals surface area contributed by atoms with Gasteiger partial charge in [-0.05, 0) is 113 Å². The second-order valence-corrected chi connectivity index (χ2v) is 19.0. The highest BCUT2D eigenvalue weighted by molar-refractivity contribution is 7.20. The lowest BCUT2D eigenvalue weighted by atomic mass is 9.92. The molecule has 0 saturated heterocycles. The molecule has 0 nitrogen and oxygen atoms in total. The molecule has 55 heavy (non-hydrogen) atoms. The first-order valence-corrected chi connectivity index (χ1v) is 22.0. The minimum absolute atomic E-state index is 0.986. The zero-order valence-electron chi connectivity index (χ0n) is 31.6. The van der Waals surface area contributed by atoms with E-state index >= 15 is 0 Å². The van der Waals surface area contributed by atoms with Crippen LogP contribution in [-0.2, 0) is 12.8 Å². The Bertz CT molecular complexity index is 2610. The molecule has 8 aromatic carbocycles. The summed E-state index contributed by atoms with van der Waals surface area (Å²) < 4.78 is 0. The summed E-state index contributed by atoms with van der Waals surface area (Å²) in [4.78, 5) is 0. The minimum atomic E-state index is -3.05. The average molecular weight is 721 g/mol. The first kappa shape index (κ1) is 33.5. The number of allylic oxidation sites excluding steroid dienone is 2. The van der Waals surface area contributed by atoms with E-state index in [4.69, 9.17) is 0 Å². The highest BCUT2D eigenvalue weighted by Crippen LogP contribution is 2.44. The van der Waals surface area contributed by atoms with E-state index in [1.807, 2.05) is 0 Å². The first-order chi connectivity index (χ1) is 27.2. The SMILES string of the molecule is CCC1=C(c2cccc3ccccc23)c2c(cccc2[Si](c2ccccc2)(c2ccccc2)c2cccc3c2C(c2cccc4ccccc24)=C(CC)C3)C1. The van der Waals surface area contributed by atoms with Crippen molar-refractivity contribution in [3.05, 3.63) is 227 Å². The molecule has 0 fully saturated rings. The Morgan fingerprint density at radius 2 is 0.764 bits per heavy atom. The lowest BCUT2D eigenvalue weighted by Gasteiger charge is -2.38. The number of hydrogen-bond acceptors (Lipinski definition) is 0. The fourth-order valence-corrected chi connectivity index (χ4v) is 15.4. The first-order valence-electron chi connectivity index (χ1n) is 20.0. The van der Waals surface area contributed by atoms with Crippen LogP contribution >= 0.6 is 0 Å². The molecule has 10 rings (SSSR count). The van der Waals surface area contributed by atoms with Gasteiger partial charge in [0.2, 0.25) is 0 Å². The van der Waals surface area contributed by atoms with Gasteiger partial charge in [-0.2, -0.15) is 0 Å². The topological polar surface area (TPSA) is 0 Å². The van der Waals surface area contributed by atoms with Crippen LogP contribution in [0.2, 0.25) is 0 Å². The molecule has 0 heterocycles. The third kappa shape index (κ3) is 5.18. The Morgan fingerprint density at radius 3 is 1.20 bits per heavy atom. The largest absolute Gasteiger partial charge is 0.180 e. The van der Waals surface area contributed by atoms with Crippen LogP contribution in [0.4, 0.5) is 0 Å². The van der Waals surface area contributed by atoms with E-state index in [9.17, 15) is 0 Å². The predicted molar refractivity (Wildman–Crippen MR) is 238 cm³/mol. The van der Waals surface area contributed by atoms with Gasteiger partial charge >= 0.3 is 0 Å². The van der Waals surface area contributed by atoms with Gasteiger partial charge in [0.15, 0.2) is 8.07 Å². The second kappa shape index (κ2) is 13.7. The monoisotopic (exact) mass is 720 g/mol. The molecule has 8 aromatic rings. The highest BCUT2D eigenvalue weighted by Gasteiger charge is 2.47. The van der Waals surface area contributed by atoms with E-state index in [-0.39, 0.29) is 0 Å². The van der Waals surface area contributed by atoms with Crippen molar-refractivity contribution in [2.75, 3.05) is 0 Å². The van der Waals surface area contributed by atoms with Crippen molar-refractivity contribution in [3.63, 3.8) is 0 Å². The average Bonchev–Trinajstić information content (AvgIpc) is 3.83. The molecule has 2 aliphatic rings. The molecule has 0 unspecified atom stereocenters. The standard InChI is InChI=1S/C54H44Si/c1-3-37-35-41-23-17-33-49(53(41)51(37)47-31-15-21-39-19-11-13-29-45(39)47)55(43-25-7-5-8-26-43,44-27-9-6-10-28-44)50-34-18-24-42-36-38(4-2)52(54(42)50)48-32-16-22-40-20-12-14-30-46(40)48/h5-34H,3-4,35-36H2,1-2H3. The predicted octanol–water partition coefficient (Wildman–Crippen LogP) is 10.9. The van der Waals surface area contributed by atoms with Crippen molar-refractivity contribution in [1.82, 2.24) is 0 Å². The van der Waals surface area contributed by atoms with Crippen molar-refractivity contribution in [3.8, 4) is 0 Å². The minimum Gasteiger partial charge on any atom is -0.0623 e. The molecule has 0 atom stereocenters. The summed E-state index contributed by atoms with van der Waals surface area (Å²) in [5, 5.41) is 11.1. The fraction of sp³-hybridized carbons (Fsp3) is 0.111. The lowest BCUT2D eigenvalue weighted by molar-refractivity contribution is 1.03. The van der Waals surface area contributed by atoms with Crippen molar-refractivity contribution in [2.24, 2.45) is 0 Å². The lowest BCUT2D eigenvalue weighted by Crippen LogP contribution is -2.76. The van der Waals surface area contributed by atoms with Crippen molar-refractivity contribution in [2.45, 2.75) is 39.5 Å². The molecule has 0 N–H and O–H groups in total. The zero-order chi connectivity index (χ0) is 36.9. The van der Waals surface area contributed by atoms with Gasteiger partial charge in [0.1, 0.15) is 0 Å². The van der Waals surface area contributed by atoms with Crippen LogP contribution in [0, 0.1) is 0 Å². The Morgan fingerprint density at radius 1 is 0.382 bits per heavy atom. The molecular weight excluding hydrogens is 677 g/mol. The van der Waals surface area contributed by atoms with Crippen LogP contribution in [0.5, 0.6) is 0 Å². The third-order valence-corrected chi connectivity index (χ3v) is 17.4. The quantitative estimate of drug-likeness (QED) is 0.108. The van der Waals surface area contributed by atoms with E-state index in [1.54, 1.807) is 0 Å². The van der Waals surface area contributed by atoms with E-state index < -0.39 is 8.07 Å². The summed E-state index contributed by atoms with van der Waals surface area (Å²) in [6.45, 7) is 4.70. The Balaban J connectivity index is 1.36. The summed E-state index contributed by atoms with van der Waals surface area (Å²) in [6, 6.07) is 69.5. The molecule has 0 aromatic heterocycles. The van der Waals surface area contributed by atoms with E-state index in [1.165, 1.54) is 98.0 Å². The van der Waals surface area contributed by atoms with Gasteiger partial charge in [-0.15, -0.1) is 0 Å². The summed E-state index contributed by atoms with van der Waals surface area (Å²) in [7, 11) is -3.05. The molecule has 0 saturated carbocycles. The van der Waals surface area contributed by atoms with Crippen LogP contribution in [0.25, 0.3) is 32.7 Å². The number of fused-ring (bicyclic) bond motifs is 4. The maximum Gasteiger partial charge on any atom is 0.180 e. The van der Waals surface area contributed by atoms with Crippen LogP contribution in [-0.4, -0.2) is 8.07 Å². The molecular formula is C54H44Si. The summed E-state index contributed by atoms with van der Waals surface area (Å²) in [5.41, 5.74) is 14.5. The Hall–Kier alpha value is -6.02. The maximum absolute atomic E-state index is 3.05. The molecule has 0 amide bonds. The number of rotatable bonds is 8. The normalized spacial score (nSPS) is 13.9. The molecule has 264 valence electrons. The van der Waals surface area contributed by atoms with Gasteiger partial charge in [-0.3, -0.25) is 0 Å². The molecule has 2 aliphatic carbocycles. The van der Waals surface area contributed by atoms with Gasteiger partial charge in [-0.1, -0.05) is 207 Å². The van der Waals surface area contributed by atoms with E-state index in [2.05, 4.69) is 196 Å². The van der Waals surface area contributed by atoms with E-state index in [0.29, 0.717) is 0 Å². The molecule has 0 bridgehead atoms. The molecule has 0 radical (unpaired) electrons. The smallest absolute Gasteiger partial charge is 0.0623 e. The van der Waals surface area contributed by atoms with Gasteiger partial charge in [0.05, 0.1) is 0 Å². The van der Waals surface area contributed by atoms with E-state index in [0.717, 1.165) is 25.7 Å².